The van der Waals surface area contributed by atoms with E-state index in [0.29, 0.717) is 47.4 Å². The number of thioether (sulfide) groups is 1. The molecule has 1 aliphatic rings. The molecule has 0 aliphatic carbocycles. The average molecular weight is 883 g/mol. The molecule has 1 amide bonds. The van der Waals surface area contributed by atoms with Crippen molar-refractivity contribution in [2.24, 2.45) is 0 Å². The lowest BCUT2D eigenvalue weighted by Gasteiger charge is -2.30. The van der Waals surface area contributed by atoms with Crippen molar-refractivity contribution in [1.82, 2.24) is 30.0 Å². The summed E-state index contributed by atoms with van der Waals surface area (Å²) in [6.45, 7) is 5.31. The Morgan fingerprint density at radius 1 is 0.871 bits per heavy atom. The number of alkyl halides is 3. The first-order valence-electron chi connectivity index (χ1n) is 19.6. The van der Waals surface area contributed by atoms with Gasteiger partial charge in [0.1, 0.15) is 5.82 Å². The number of amides is 1. The summed E-state index contributed by atoms with van der Waals surface area (Å²) in [5.74, 6) is -4.01. The number of halogens is 4. The van der Waals surface area contributed by atoms with Crippen LogP contribution in [-0.2, 0) is 39.3 Å². The van der Waals surface area contributed by atoms with E-state index in [0.717, 1.165) is 60.3 Å². The van der Waals surface area contributed by atoms with Crippen molar-refractivity contribution in [3.05, 3.63) is 135 Å². The minimum Gasteiger partial charge on any atom is -0.479 e. The molecule has 5 aromatic rings. The normalized spacial score (nSPS) is 14.6. The fourth-order valence-electron chi connectivity index (χ4n) is 6.69. The molecule has 2 aromatic heterocycles. The predicted molar refractivity (Wildman–Crippen MR) is 221 cm³/mol. The summed E-state index contributed by atoms with van der Waals surface area (Å²) in [4.78, 5) is 59.4. The van der Waals surface area contributed by atoms with Gasteiger partial charge in [-0.3, -0.25) is 14.7 Å². The number of hydrogen-bond acceptors (Lipinski definition) is 10. The van der Waals surface area contributed by atoms with Gasteiger partial charge in [-0.05, 0) is 78.0 Å². The summed E-state index contributed by atoms with van der Waals surface area (Å²) in [7, 11) is 0. The first-order chi connectivity index (χ1) is 29.5. The van der Waals surface area contributed by atoms with Crippen molar-refractivity contribution < 1.29 is 52.4 Å². The summed E-state index contributed by atoms with van der Waals surface area (Å²) in [6.07, 6.45) is -2.26. The van der Waals surface area contributed by atoms with Crippen molar-refractivity contribution in [3.8, 4) is 11.1 Å². The van der Waals surface area contributed by atoms with Crippen molar-refractivity contribution in [1.29, 1.82) is 0 Å². The van der Waals surface area contributed by atoms with Gasteiger partial charge in [0.2, 0.25) is 5.91 Å². The van der Waals surface area contributed by atoms with Gasteiger partial charge in [-0.1, -0.05) is 73.6 Å². The highest BCUT2D eigenvalue weighted by Gasteiger charge is 2.31. The first-order valence-corrected chi connectivity index (χ1v) is 20.6. The minimum absolute atomic E-state index is 0.102. The van der Waals surface area contributed by atoms with Crippen LogP contribution in [0.25, 0.3) is 11.1 Å². The number of aromatic amines is 2. The number of likely N-dealkylation sites (tertiary alicyclic amines) is 1. The summed E-state index contributed by atoms with van der Waals surface area (Å²) in [6, 6.07) is 18.6. The number of carboxylic acid groups (broad SMARTS) is 2. The number of hydrogen-bond donors (Lipinski definition) is 6. The summed E-state index contributed by atoms with van der Waals surface area (Å²) in [5.41, 5.74) is 3.65. The van der Waals surface area contributed by atoms with E-state index in [4.69, 9.17) is 25.4 Å². The number of benzene rings is 3. The van der Waals surface area contributed by atoms with Crippen LogP contribution in [0.2, 0.25) is 0 Å². The van der Waals surface area contributed by atoms with Gasteiger partial charge in [0.05, 0.1) is 23.9 Å². The molecule has 0 bridgehead atoms. The van der Waals surface area contributed by atoms with Crippen LogP contribution in [0.3, 0.4) is 0 Å². The predicted octanol–water partition coefficient (Wildman–Crippen LogP) is 5.70. The number of aliphatic carboxylic acids is 2. The Bertz CT molecular complexity index is 2290. The molecule has 3 heterocycles. The summed E-state index contributed by atoms with van der Waals surface area (Å²) in [5, 5.41) is 39.7. The molecule has 19 heteroatoms. The van der Waals surface area contributed by atoms with E-state index in [9.17, 15) is 36.7 Å². The van der Waals surface area contributed by atoms with Crippen LogP contribution < -0.4 is 5.56 Å². The molecule has 0 saturated carbocycles. The van der Waals surface area contributed by atoms with E-state index < -0.39 is 41.8 Å². The van der Waals surface area contributed by atoms with Gasteiger partial charge in [0, 0.05) is 43.1 Å². The number of aromatic nitrogens is 4. The van der Waals surface area contributed by atoms with Gasteiger partial charge in [-0.25, -0.2) is 19.0 Å². The van der Waals surface area contributed by atoms with Gasteiger partial charge < -0.3 is 35.2 Å². The van der Waals surface area contributed by atoms with E-state index in [1.807, 2.05) is 31.2 Å². The molecule has 1 saturated heterocycles. The number of aliphatic hydroxyl groups excluding tert-OH is 2. The molecule has 3 aromatic carbocycles. The maximum Gasteiger partial charge on any atom is 0.416 e. The van der Waals surface area contributed by atoms with Crippen LogP contribution in [0.5, 0.6) is 0 Å². The molecule has 14 nitrogen and oxygen atoms in total. The molecule has 6 N–H and O–H groups in total. The SMILES string of the molecule is CC(c1cn[nH]c1)c1c(CC(=O)N(CCN2CCCCC2)Cc2ccc(-c3ccc(C(F)(F)F)cc3)cc2)nc(SCc2ccc(F)cc2)[nH]c1=O.O=C(O)C(O)C(O)C(=O)O. The van der Waals surface area contributed by atoms with Crippen LogP contribution in [0.15, 0.2) is 95.1 Å². The molecule has 3 unspecified atom stereocenters. The number of rotatable bonds is 16. The van der Waals surface area contributed by atoms with E-state index in [1.54, 1.807) is 29.4 Å². The third kappa shape index (κ3) is 13.3. The fourth-order valence-corrected chi connectivity index (χ4v) is 7.52. The van der Waals surface area contributed by atoms with Crippen molar-refractivity contribution in [2.75, 3.05) is 26.2 Å². The largest absolute Gasteiger partial charge is 0.479 e. The number of nitrogens with zero attached hydrogens (tertiary/aromatic N) is 4. The maximum atomic E-state index is 14.3. The third-order valence-electron chi connectivity index (χ3n) is 10.2. The van der Waals surface area contributed by atoms with Gasteiger partial charge in [0.15, 0.2) is 17.4 Å². The maximum absolute atomic E-state index is 14.3. The van der Waals surface area contributed by atoms with Gasteiger partial charge >= 0.3 is 18.1 Å². The molecule has 6 rings (SSSR count). The Kier molecular flexibility index (Phi) is 16.6. The molecule has 330 valence electrons. The van der Waals surface area contributed by atoms with Gasteiger partial charge in [0.25, 0.3) is 5.56 Å². The van der Waals surface area contributed by atoms with Crippen LogP contribution in [0.1, 0.15) is 65.6 Å². The minimum atomic E-state index is -4.40. The van der Waals surface area contributed by atoms with Crippen molar-refractivity contribution in [3.63, 3.8) is 0 Å². The van der Waals surface area contributed by atoms with E-state index in [-0.39, 0.29) is 23.7 Å². The lowest BCUT2D eigenvalue weighted by atomic mass is 9.94. The van der Waals surface area contributed by atoms with E-state index >= 15 is 0 Å². The standard InChI is InChI=1S/C39H40F4N6O2S.C4H6O6/c1-26(31-22-44-45-23-31)36-34(46-38(47-37(36)51)52-25-28-7-15-33(40)16-8-28)21-35(50)49(20-19-48-17-3-2-4-18-48)24-27-5-9-29(10-6-27)30-11-13-32(14-12-30)39(41,42)43;5-1(3(7)8)2(6)4(9)10/h5-16,22-23,26H,2-4,17-21,24-25H2,1H3,(H,44,45)(H,46,47,51);1-2,5-6H,(H,7,8)(H,9,10). The number of H-pyrrole nitrogens is 2. The summed E-state index contributed by atoms with van der Waals surface area (Å²) < 4.78 is 52.7. The molecule has 1 fully saturated rings. The lowest BCUT2D eigenvalue weighted by molar-refractivity contribution is -0.165. The smallest absolute Gasteiger partial charge is 0.416 e. The molecule has 0 radical (unpaired) electrons. The zero-order chi connectivity index (χ0) is 45.0. The molecular weight excluding hydrogens is 837 g/mol. The highest BCUT2D eigenvalue weighted by Crippen LogP contribution is 2.31. The highest BCUT2D eigenvalue weighted by molar-refractivity contribution is 7.98. The molecule has 3 atom stereocenters. The second kappa shape index (κ2) is 21.8. The van der Waals surface area contributed by atoms with E-state index in [1.165, 1.54) is 42.4 Å². The van der Waals surface area contributed by atoms with Crippen molar-refractivity contribution >= 4 is 29.6 Å². The fraction of sp³-hybridized carbons (Fsp3) is 0.349. The second-order valence-electron chi connectivity index (χ2n) is 14.6. The van der Waals surface area contributed by atoms with Crippen molar-refractivity contribution in [2.45, 2.75) is 74.4 Å². The second-order valence-corrected chi connectivity index (χ2v) is 15.6. The number of nitrogens with one attached hydrogen (secondary N) is 2. The number of aliphatic hydroxyl groups is 2. The monoisotopic (exact) mass is 882 g/mol. The number of carboxylic acids is 2. The van der Waals surface area contributed by atoms with E-state index in [2.05, 4.69) is 20.1 Å². The van der Waals surface area contributed by atoms with Crippen LogP contribution in [0.4, 0.5) is 17.6 Å². The zero-order valence-electron chi connectivity index (χ0n) is 33.5. The van der Waals surface area contributed by atoms with Crippen LogP contribution in [-0.4, -0.2) is 107 Å². The van der Waals surface area contributed by atoms with Crippen LogP contribution >= 0.6 is 11.8 Å². The first kappa shape index (κ1) is 47.2. The summed E-state index contributed by atoms with van der Waals surface area (Å²) >= 11 is 1.30. The number of piperidine rings is 1. The molecule has 0 spiro atoms. The topological polar surface area (TPSA) is 213 Å². The zero-order valence-corrected chi connectivity index (χ0v) is 34.3. The number of carbonyl (C=O) groups is 3. The quantitative estimate of drug-likeness (QED) is 0.0401. The Morgan fingerprint density at radius 2 is 1.45 bits per heavy atom. The third-order valence-corrected chi connectivity index (χ3v) is 11.2. The Hall–Kier alpha value is -5.89. The highest BCUT2D eigenvalue weighted by atomic mass is 32.2. The molecule has 1 aliphatic heterocycles. The van der Waals surface area contributed by atoms with Gasteiger partial charge in [-0.15, -0.1) is 0 Å². The average Bonchev–Trinajstić information content (AvgIpc) is 3.80. The number of carbonyl (C=O) groups excluding carboxylic acids is 1. The lowest BCUT2D eigenvalue weighted by Crippen LogP contribution is -2.41. The van der Waals surface area contributed by atoms with Crippen LogP contribution in [0, 0.1) is 5.82 Å². The molecule has 62 heavy (non-hydrogen) atoms. The Morgan fingerprint density at radius 3 is 2.00 bits per heavy atom. The molecular formula is C43H46F4N6O8S. The van der Waals surface area contributed by atoms with Gasteiger partial charge in [-0.2, -0.15) is 18.3 Å². The Balaban J connectivity index is 0.000000646. The Labute approximate surface area is 357 Å².